The minimum atomic E-state index is -0.115. The van der Waals surface area contributed by atoms with Gasteiger partial charge < -0.3 is 14.5 Å². The number of carbonyl (C=O) groups is 2. The van der Waals surface area contributed by atoms with Gasteiger partial charge in [0.05, 0.1) is 31.4 Å². The summed E-state index contributed by atoms with van der Waals surface area (Å²) in [5, 5.41) is 0. The van der Waals surface area contributed by atoms with Crippen LogP contribution >= 0.6 is 0 Å². The van der Waals surface area contributed by atoms with E-state index in [1.165, 1.54) is 5.56 Å². The van der Waals surface area contributed by atoms with Crippen LogP contribution in [-0.2, 0) is 27.3 Å². The number of hydrogen-bond acceptors (Lipinski definition) is 5. The lowest BCUT2D eigenvalue weighted by molar-refractivity contribution is -0.142. The standard InChI is InChI=1S/C22H34N4O3/c1-3-18-5-7-20(23-15-18)17-24(2)22(28)19-6-8-21(27)26(16-19)10-4-9-25-11-13-29-14-12-25/h5,7,15,19H,3-4,6,8-14,16-17H2,1-2H3/t19-/m0/s1. The maximum atomic E-state index is 12.9. The molecular weight excluding hydrogens is 368 g/mol. The molecule has 2 aliphatic heterocycles. The first-order valence-corrected chi connectivity index (χ1v) is 10.8. The number of piperidine rings is 1. The highest BCUT2D eigenvalue weighted by Crippen LogP contribution is 2.20. The van der Waals surface area contributed by atoms with Gasteiger partial charge in [-0.05, 0) is 30.9 Å². The largest absolute Gasteiger partial charge is 0.379 e. The average molecular weight is 403 g/mol. The SMILES string of the molecule is CCc1ccc(CN(C)C(=O)[C@H]2CCC(=O)N(CCCN3CCOCC3)C2)nc1. The Bertz CT molecular complexity index is 673. The Hall–Kier alpha value is -1.99. The summed E-state index contributed by atoms with van der Waals surface area (Å²) in [6.45, 7) is 8.36. The first-order chi connectivity index (χ1) is 14.1. The van der Waals surface area contributed by atoms with E-state index in [1.807, 2.05) is 24.2 Å². The quantitative estimate of drug-likeness (QED) is 0.660. The molecule has 0 unspecified atom stereocenters. The molecule has 0 spiro atoms. The molecule has 0 aliphatic carbocycles. The highest BCUT2D eigenvalue weighted by Gasteiger charge is 2.31. The molecule has 0 aromatic carbocycles. The molecule has 2 saturated heterocycles. The Morgan fingerprint density at radius 2 is 2.07 bits per heavy atom. The zero-order valence-corrected chi connectivity index (χ0v) is 17.8. The summed E-state index contributed by atoms with van der Waals surface area (Å²) in [5.41, 5.74) is 2.09. The van der Waals surface area contributed by atoms with Crippen molar-refractivity contribution >= 4 is 11.8 Å². The summed E-state index contributed by atoms with van der Waals surface area (Å²) in [5.74, 6) is 0.170. The van der Waals surface area contributed by atoms with Gasteiger partial charge in [0, 0.05) is 52.4 Å². The Labute approximate surface area is 174 Å². The van der Waals surface area contributed by atoms with Gasteiger partial charge in [-0.15, -0.1) is 0 Å². The summed E-state index contributed by atoms with van der Waals surface area (Å²) >= 11 is 0. The summed E-state index contributed by atoms with van der Waals surface area (Å²) in [7, 11) is 1.83. The van der Waals surface area contributed by atoms with Gasteiger partial charge in [-0.3, -0.25) is 19.5 Å². The number of rotatable bonds is 8. The van der Waals surface area contributed by atoms with Gasteiger partial charge in [0.2, 0.25) is 11.8 Å². The molecule has 3 heterocycles. The molecule has 160 valence electrons. The number of morpholine rings is 1. The lowest BCUT2D eigenvalue weighted by Gasteiger charge is -2.34. The summed E-state index contributed by atoms with van der Waals surface area (Å²) in [6.07, 6.45) is 4.88. The van der Waals surface area contributed by atoms with Crippen LogP contribution in [0.3, 0.4) is 0 Å². The van der Waals surface area contributed by atoms with Crippen LogP contribution in [0.25, 0.3) is 0 Å². The van der Waals surface area contributed by atoms with Crippen molar-refractivity contribution in [1.29, 1.82) is 0 Å². The highest BCUT2D eigenvalue weighted by atomic mass is 16.5. The third-order valence-corrected chi connectivity index (χ3v) is 5.93. The molecule has 0 radical (unpaired) electrons. The number of amides is 2. The third kappa shape index (κ3) is 6.24. The average Bonchev–Trinajstić information content (AvgIpc) is 2.76. The summed E-state index contributed by atoms with van der Waals surface area (Å²) < 4.78 is 5.38. The highest BCUT2D eigenvalue weighted by molar-refractivity contribution is 5.83. The first kappa shape index (κ1) is 21.7. The van der Waals surface area contributed by atoms with Crippen molar-refractivity contribution in [2.24, 2.45) is 5.92 Å². The van der Waals surface area contributed by atoms with E-state index in [2.05, 4.69) is 22.9 Å². The number of hydrogen-bond donors (Lipinski definition) is 0. The van der Waals surface area contributed by atoms with Crippen LogP contribution in [0.4, 0.5) is 0 Å². The number of pyridine rings is 1. The molecule has 0 saturated carbocycles. The monoisotopic (exact) mass is 402 g/mol. The van der Waals surface area contributed by atoms with Crippen LogP contribution in [0.1, 0.15) is 37.4 Å². The first-order valence-electron chi connectivity index (χ1n) is 10.8. The lowest BCUT2D eigenvalue weighted by Crippen LogP contribution is -2.47. The predicted octanol–water partition coefficient (Wildman–Crippen LogP) is 1.56. The van der Waals surface area contributed by atoms with Crippen molar-refractivity contribution < 1.29 is 14.3 Å². The molecule has 0 bridgehead atoms. The molecule has 1 aromatic rings. The van der Waals surface area contributed by atoms with Crippen molar-refractivity contribution in [2.45, 2.75) is 39.2 Å². The molecular formula is C22H34N4O3. The van der Waals surface area contributed by atoms with Crippen LogP contribution in [0.2, 0.25) is 0 Å². The minimum absolute atomic E-state index is 0.108. The smallest absolute Gasteiger partial charge is 0.227 e. The Morgan fingerprint density at radius 1 is 1.28 bits per heavy atom. The number of aromatic nitrogens is 1. The van der Waals surface area contributed by atoms with Gasteiger partial charge in [0.25, 0.3) is 0 Å². The van der Waals surface area contributed by atoms with E-state index in [9.17, 15) is 9.59 Å². The normalized spacial score (nSPS) is 20.7. The second-order valence-electron chi connectivity index (χ2n) is 8.09. The fourth-order valence-corrected chi connectivity index (χ4v) is 4.03. The van der Waals surface area contributed by atoms with Gasteiger partial charge in [-0.25, -0.2) is 0 Å². The topological polar surface area (TPSA) is 66.0 Å². The Kier molecular flexibility index (Phi) is 8.00. The molecule has 7 heteroatoms. The van der Waals surface area contributed by atoms with E-state index in [4.69, 9.17) is 4.74 Å². The molecule has 1 atom stereocenters. The second kappa shape index (κ2) is 10.7. The van der Waals surface area contributed by atoms with Gasteiger partial charge in [0.1, 0.15) is 0 Å². The number of nitrogens with zero attached hydrogens (tertiary/aromatic N) is 4. The second-order valence-corrected chi connectivity index (χ2v) is 8.09. The van der Waals surface area contributed by atoms with E-state index in [-0.39, 0.29) is 17.7 Å². The van der Waals surface area contributed by atoms with E-state index in [0.29, 0.717) is 25.9 Å². The molecule has 2 amide bonds. The maximum absolute atomic E-state index is 12.9. The fourth-order valence-electron chi connectivity index (χ4n) is 4.03. The lowest BCUT2D eigenvalue weighted by atomic mass is 9.96. The van der Waals surface area contributed by atoms with Gasteiger partial charge in [0.15, 0.2) is 0 Å². The molecule has 0 N–H and O–H groups in total. The predicted molar refractivity (Wildman–Crippen MR) is 111 cm³/mol. The van der Waals surface area contributed by atoms with Gasteiger partial charge in [-0.2, -0.15) is 0 Å². The molecule has 3 rings (SSSR count). The van der Waals surface area contributed by atoms with Crippen molar-refractivity contribution in [3.63, 3.8) is 0 Å². The molecule has 2 fully saturated rings. The Balaban J connectivity index is 1.47. The van der Waals surface area contributed by atoms with Gasteiger partial charge in [-0.1, -0.05) is 13.0 Å². The van der Waals surface area contributed by atoms with Crippen LogP contribution in [-0.4, -0.2) is 84.5 Å². The third-order valence-electron chi connectivity index (χ3n) is 5.93. The van der Waals surface area contributed by atoms with Crippen molar-refractivity contribution in [3.05, 3.63) is 29.6 Å². The van der Waals surface area contributed by atoms with Crippen molar-refractivity contribution in [2.75, 3.05) is 53.0 Å². The number of aryl methyl sites for hydroxylation is 1. The molecule has 1 aromatic heterocycles. The van der Waals surface area contributed by atoms with E-state index >= 15 is 0 Å². The number of likely N-dealkylation sites (tertiary alicyclic amines) is 1. The van der Waals surface area contributed by atoms with Crippen molar-refractivity contribution in [3.8, 4) is 0 Å². The maximum Gasteiger partial charge on any atom is 0.227 e. The van der Waals surface area contributed by atoms with Crippen LogP contribution in [0, 0.1) is 5.92 Å². The fraction of sp³-hybridized carbons (Fsp3) is 0.682. The van der Waals surface area contributed by atoms with Gasteiger partial charge >= 0.3 is 0 Å². The number of ether oxygens (including phenoxy) is 1. The molecule has 2 aliphatic rings. The summed E-state index contributed by atoms with van der Waals surface area (Å²) in [4.78, 5) is 35.7. The molecule has 29 heavy (non-hydrogen) atoms. The van der Waals surface area contributed by atoms with Crippen LogP contribution in [0.15, 0.2) is 18.3 Å². The zero-order valence-electron chi connectivity index (χ0n) is 17.8. The summed E-state index contributed by atoms with van der Waals surface area (Å²) in [6, 6.07) is 4.06. The van der Waals surface area contributed by atoms with E-state index in [1.54, 1.807) is 4.90 Å². The van der Waals surface area contributed by atoms with E-state index in [0.717, 1.165) is 57.9 Å². The number of carbonyl (C=O) groups excluding carboxylic acids is 2. The van der Waals surface area contributed by atoms with Crippen LogP contribution < -0.4 is 0 Å². The minimum Gasteiger partial charge on any atom is -0.379 e. The molecule has 7 nitrogen and oxygen atoms in total. The van der Waals surface area contributed by atoms with E-state index < -0.39 is 0 Å². The zero-order chi connectivity index (χ0) is 20.6. The van der Waals surface area contributed by atoms with Crippen molar-refractivity contribution in [1.82, 2.24) is 19.7 Å². The van der Waals surface area contributed by atoms with Crippen LogP contribution in [0.5, 0.6) is 0 Å². The Morgan fingerprint density at radius 3 is 2.76 bits per heavy atom.